The van der Waals surface area contributed by atoms with E-state index in [4.69, 9.17) is 13.9 Å². The highest BCUT2D eigenvalue weighted by Crippen LogP contribution is 2.45. The smallest absolute Gasteiger partial charge is 0.295 e. The van der Waals surface area contributed by atoms with E-state index in [1.807, 2.05) is 6.92 Å². The number of halogens is 2. The van der Waals surface area contributed by atoms with Crippen LogP contribution in [0.2, 0.25) is 0 Å². The van der Waals surface area contributed by atoms with Crippen molar-refractivity contribution in [3.05, 3.63) is 92.0 Å². The summed E-state index contributed by atoms with van der Waals surface area (Å²) in [5.41, 5.74) is 0.640. The molecule has 0 bridgehead atoms. The van der Waals surface area contributed by atoms with Gasteiger partial charge < -0.3 is 19.0 Å². The molecule has 9 heteroatoms. The van der Waals surface area contributed by atoms with Crippen LogP contribution >= 0.6 is 15.9 Å². The molecule has 1 unspecified atom stereocenters. The van der Waals surface area contributed by atoms with Crippen LogP contribution in [0.5, 0.6) is 17.2 Å². The first-order valence-corrected chi connectivity index (χ1v) is 11.5. The lowest BCUT2D eigenvalue weighted by molar-refractivity contribution is 0.0971. The Morgan fingerprint density at radius 2 is 1.86 bits per heavy atom. The first-order valence-electron chi connectivity index (χ1n) is 10.7. The third-order valence-electron chi connectivity index (χ3n) is 5.84. The number of hydrogen-bond donors (Lipinski definition) is 1. The van der Waals surface area contributed by atoms with E-state index in [2.05, 4.69) is 15.9 Å². The van der Waals surface area contributed by atoms with Gasteiger partial charge in [0.15, 0.2) is 16.9 Å². The number of fused-ring (bicyclic) bond motifs is 2. The first-order chi connectivity index (χ1) is 16.8. The average molecular weight is 540 g/mol. The van der Waals surface area contributed by atoms with Gasteiger partial charge in [-0.05, 0) is 83.0 Å². The molecule has 5 rings (SSSR count). The third-order valence-corrected chi connectivity index (χ3v) is 6.45. The third kappa shape index (κ3) is 3.72. The molecule has 1 aliphatic heterocycles. The summed E-state index contributed by atoms with van der Waals surface area (Å²) in [4.78, 5) is 28.7. The van der Waals surface area contributed by atoms with Gasteiger partial charge in [0.2, 0.25) is 5.76 Å². The van der Waals surface area contributed by atoms with E-state index < -0.39 is 23.2 Å². The maximum atomic E-state index is 14.0. The zero-order valence-corrected chi connectivity index (χ0v) is 20.3. The standard InChI is InChI=1S/C26H19BrFNO6/c1-3-34-16-7-5-15(6-8-16)29-22(13-10-18(27)24(31)20(11-13)33-2)21-23(30)17-12-14(28)4-9-19(17)35-25(21)26(29)32/h4-12,22,31H,3H2,1-2H3. The first kappa shape index (κ1) is 22.9. The molecule has 1 aromatic heterocycles. The number of amides is 1. The molecule has 1 amide bonds. The molecular weight excluding hydrogens is 521 g/mol. The number of rotatable bonds is 5. The number of methoxy groups -OCH3 is 1. The van der Waals surface area contributed by atoms with Crippen LogP contribution in [0.1, 0.15) is 34.6 Å². The van der Waals surface area contributed by atoms with Gasteiger partial charge in [-0.1, -0.05) is 0 Å². The molecule has 0 spiro atoms. The second-order valence-electron chi connectivity index (χ2n) is 7.87. The van der Waals surface area contributed by atoms with Gasteiger partial charge in [0, 0.05) is 5.69 Å². The summed E-state index contributed by atoms with van der Waals surface area (Å²) in [6, 6.07) is 12.7. The van der Waals surface area contributed by atoms with Crippen molar-refractivity contribution in [1.82, 2.24) is 0 Å². The molecule has 0 radical (unpaired) electrons. The predicted molar refractivity (Wildman–Crippen MR) is 131 cm³/mol. The minimum absolute atomic E-state index is 0.0277. The molecule has 0 aliphatic carbocycles. The lowest BCUT2D eigenvalue weighted by Gasteiger charge is -2.26. The van der Waals surface area contributed by atoms with Crippen LogP contribution in [0.15, 0.2) is 68.3 Å². The van der Waals surface area contributed by atoms with E-state index in [0.29, 0.717) is 28.1 Å². The zero-order chi connectivity index (χ0) is 24.9. The maximum Gasteiger partial charge on any atom is 0.295 e. The number of anilines is 1. The highest BCUT2D eigenvalue weighted by atomic mass is 79.9. The topological polar surface area (TPSA) is 89.2 Å². The van der Waals surface area contributed by atoms with Gasteiger partial charge in [-0.15, -0.1) is 0 Å². The molecule has 35 heavy (non-hydrogen) atoms. The van der Waals surface area contributed by atoms with Gasteiger partial charge in [-0.2, -0.15) is 0 Å². The van der Waals surface area contributed by atoms with Crippen molar-refractivity contribution >= 4 is 38.5 Å². The van der Waals surface area contributed by atoms with E-state index in [9.17, 15) is 19.1 Å². The molecule has 1 atom stereocenters. The Morgan fingerprint density at radius 3 is 2.54 bits per heavy atom. The Hall–Kier alpha value is -3.85. The lowest BCUT2D eigenvalue weighted by atomic mass is 9.97. The van der Waals surface area contributed by atoms with Gasteiger partial charge in [0.05, 0.1) is 35.2 Å². The van der Waals surface area contributed by atoms with Crippen molar-refractivity contribution in [2.75, 3.05) is 18.6 Å². The zero-order valence-electron chi connectivity index (χ0n) is 18.7. The Bertz CT molecular complexity index is 1530. The summed E-state index contributed by atoms with van der Waals surface area (Å²) in [6.07, 6.45) is 0. The molecule has 178 valence electrons. The van der Waals surface area contributed by atoms with E-state index >= 15 is 0 Å². The maximum absolute atomic E-state index is 14.0. The number of carbonyl (C=O) groups excluding carboxylic acids is 1. The van der Waals surface area contributed by atoms with E-state index in [1.54, 1.807) is 36.4 Å². The fourth-order valence-electron chi connectivity index (χ4n) is 4.30. The van der Waals surface area contributed by atoms with E-state index in [0.717, 1.165) is 6.07 Å². The van der Waals surface area contributed by atoms with Gasteiger partial charge in [0.1, 0.15) is 17.1 Å². The second kappa shape index (κ2) is 8.74. The molecular formula is C26H19BrFNO6. The van der Waals surface area contributed by atoms with E-state index in [1.165, 1.54) is 24.1 Å². The van der Waals surface area contributed by atoms with Gasteiger partial charge in [-0.25, -0.2) is 4.39 Å². The van der Waals surface area contributed by atoms with Crippen LogP contribution in [0.3, 0.4) is 0 Å². The Labute approximate surface area is 207 Å². The number of benzene rings is 3. The van der Waals surface area contributed by atoms with Crippen molar-refractivity contribution in [1.29, 1.82) is 0 Å². The molecule has 1 aliphatic rings. The number of phenols is 1. The Morgan fingerprint density at radius 1 is 1.11 bits per heavy atom. The fourth-order valence-corrected chi connectivity index (χ4v) is 4.76. The average Bonchev–Trinajstić information content (AvgIpc) is 3.14. The number of nitrogens with zero attached hydrogens (tertiary/aromatic N) is 1. The van der Waals surface area contributed by atoms with Gasteiger partial charge >= 0.3 is 0 Å². The second-order valence-corrected chi connectivity index (χ2v) is 8.73. The van der Waals surface area contributed by atoms with Crippen LogP contribution in [0.4, 0.5) is 10.1 Å². The van der Waals surface area contributed by atoms with Gasteiger partial charge in [-0.3, -0.25) is 14.5 Å². The normalized spacial score (nSPS) is 14.9. The number of hydrogen-bond acceptors (Lipinski definition) is 6. The molecule has 4 aromatic rings. The summed E-state index contributed by atoms with van der Waals surface area (Å²) < 4.78 is 30.9. The van der Waals surface area contributed by atoms with Crippen molar-refractivity contribution < 1.29 is 28.2 Å². The monoisotopic (exact) mass is 539 g/mol. The lowest BCUT2D eigenvalue weighted by Crippen LogP contribution is -2.29. The van der Waals surface area contributed by atoms with Crippen molar-refractivity contribution in [3.63, 3.8) is 0 Å². The number of ether oxygens (including phenoxy) is 2. The van der Waals surface area contributed by atoms with Crippen LogP contribution < -0.4 is 19.8 Å². The largest absolute Gasteiger partial charge is 0.503 e. The van der Waals surface area contributed by atoms with Crippen LogP contribution in [-0.4, -0.2) is 24.7 Å². The quantitative estimate of drug-likeness (QED) is 0.357. The molecule has 2 heterocycles. The number of carbonyl (C=O) groups is 1. The number of aromatic hydroxyl groups is 1. The van der Waals surface area contributed by atoms with Crippen LogP contribution in [0.25, 0.3) is 11.0 Å². The van der Waals surface area contributed by atoms with Crippen molar-refractivity contribution in [3.8, 4) is 17.2 Å². The Kier molecular flexibility index (Phi) is 5.72. The summed E-state index contributed by atoms with van der Waals surface area (Å²) >= 11 is 3.31. The van der Waals surface area contributed by atoms with Crippen molar-refractivity contribution in [2.24, 2.45) is 0 Å². The Balaban J connectivity index is 1.78. The molecule has 3 aromatic carbocycles. The van der Waals surface area contributed by atoms with Crippen LogP contribution in [-0.2, 0) is 0 Å². The highest BCUT2D eigenvalue weighted by molar-refractivity contribution is 9.10. The molecule has 7 nitrogen and oxygen atoms in total. The molecule has 0 fully saturated rings. The van der Waals surface area contributed by atoms with Gasteiger partial charge in [0.25, 0.3) is 5.91 Å². The van der Waals surface area contributed by atoms with E-state index in [-0.39, 0.29) is 33.8 Å². The molecule has 1 N–H and O–H groups in total. The van der Waals surface area contributed by atoms with Crippen molar-refractivity contribution in [2.45, 2.75) is 13.0 Å². The number of phenolic OH excluding ortho intramolecular Hbond substituents is 1. The summed E-state index contributed by atoms with van der Waals surface area (Å²) in [5.74, 6) is -0.597. The van der Waals surface area contributed by atoms with Crippen LogP contribution in [0, 0.1) is 5.82 Å². The summed E-state index contributed by atoms with van der Waals surface area (Å²) in [5, 5.41) is 10.3. The minimum atomic E-state index is -0.926. The molecule has 0 saturated heterocycles. The predicted octanol–water partition coefficient (Wildman–Crippen LogP) is 5.56. The fraction of sp³-hybridized carbons (Fsp3) is 0.154. The molecule has 0 saturated carbocycles. The highest BCUT2D eigenvalue weighted by Gasteiger charge is 2.44. The SMILES string of the molecule is CCOc1ccc(N2C(=O)c3oc4ccc(F)cc4c(=O)c3C2c2cc(Br)c(O)c(OC)c2)cc1. The summed E-state index contributed by atoms with van der Waals surface area (Å²) in [7, 11) is 1.40. The minimum Gasteiger partial charge on any atom is -0.503 e. The summed E-state index contributed by atoms with van der Waals surface area (Å²) in [6.45, 7) is 2.35.